The SMILES string of the molecule is C/N=C1/C=CC=C/C1=N/Nc1ccccc1O. The smallest absolute Gasteiger partial charge is 0.140 e. The van der Waals surface area contributed by atoms with Crippen molar-refractivity contribution in [3.8, 4) is 5.75 Å². The topological polar surface area (TPSA) is 57.0 Å². The van der Waals surface area contributed by atoms with Gasteiger partial charge in [0.1, 0.15) is 11.5 Å². The molecule has 1 aliphatic carbocycles. The van der Waals surface area contributed by atoms with Crippen LogP contribution in [0.2, 0.25) is 0 Å². The summed E-state index contributed by atoms with van der Waals surface area (Å²) in [6.07, 6.45) is 7.53. The van der Waals surface area contributed by atoms with E-state index < -0.39 is 0 Å². The quantitative estimate of drug-likeness (QED) is 0.463. The van der Waals surface area contributed by atoms with Crippen molar-refractivity contribution in [2.45, 2.75) is 0 Å². The van der Waals surface area contributed by atoms with E-state index >= 15 is 0 Å². The lowest BCUT2D eigenvalue weighted by atomic mass is 10.1. The summed E-state index contributed by atoms with van der Waals surface area (Å²) in [6.45, 7) is 0. The number of phenolic OH excluding ortho intramolecular Hbond substituents is 1. The van der Waals surface area contributed by atoms with Gasteiger partial charge >= 0.3 is 0 Å². The lowest BCUT2D eigenvalue weighted by molar-refractivity contribution is 0.477. The molecular weight excluding hydrogens is 214 g/mol. The van der Waals surface area contributed by atoms with E-state index in [1.807, 2.05) is 30.4 Å². The number of hydrazone groups is 1. The highest BCUT2D eigenvalue weighted by Crippen LogP contribution is 2.21. The van der Waals surface area contributed by atoms with Gasteiger partial charge in [0.05, 0.1) is 11.4 Å². The summed E-state index contributed by atoms with van der Waals surface area (Å²) in [5.41, 5.74) is 4.92. The molecule has 0 radical (unpaired) electrons. The van der Waals surface area contributed by atoms with Gasteiger partial charge in [-0.15, -0.1) is 0 Å². The third-order valence-corrected chi connectivity index (χ3v) is 2.32. The van der Waals surface area contributed by atoms with Crippen molar-refractivity contribution >= 4 is 17.1 Å². The fraction of sp³-hybridized carbons (Fsp3) is 0.0769. The molecule has 0 amide bonds. The van der Waals surface area contributed by atoms with Gasteiger partial charge < -0.3 is 5.11 Å². The van der Waals surface area contributed by atoms with Crippen LogP contribution in [0.3, 0.4) is 0 Å². The van der Waals surface area contributed by atoms with Gasteiger partial charge in [0.2, 0.25) is 0 Å². The molecule has 2 rings (SSSR count). The fourth-order valence-corrected chi connectivity index (χ4v) is 1.44. The summed E-state index contributed by atoms with van der Waals surface area (Å²) < 4.78 is 0. The number of hydrogen-bond donors (Lipinski definition) is 2. The highest BCUT2D eigenvalue weighted by molar-refractivity contribution is 6.51. The number of aromatic hydroxyl groups is 1. The van der Waals surface area contributed by atoms with Crippen LogP contribution in [-0.4, -0.2) is 23.6 Å². The van der Waals surface area contributed by atoms with Crippen molar-refractivity contribution in [1.29, 1.82) is 0 Å². The van der Waals surface area contributed by atoms with Gasteiger partial charge in [-0.3, -0.25) is 10.4 Å². The molecule has 0 atom stereocenters. The highest BCUT2D eigenvalue weighted by Gasteiger charge is 2.05. The second-order valence-electron chi connectivity index (χ2n) is 3.45. The Morgan fingerprint density at radius 3 is 2.47 bits per heavy atom. The highest BCUT2D eigenvalue weighted by atomic mass is 16.3. The van der Waals surface area contributed by atoms with E-state index in [1.54, 1.807) is 25.2 Å². The first-order valence-corrected chi connectivity index (χ1v) is 5.25. The Morgan fingerprint density at radius 2 is 1.76 bits per heavy atom. The molecule has 0 saturated carbocycles. The van der Waals surface area contributed by atoms with Crippen LogP contribution >= 0.6 is 0 Å². The molecule has 0 aromatic heterocycles. The monoisotopic (exact) mass is 227 g/mol. The maximum atomic E-state index is 9.57. The average molecular weight is 227 g/mol. The van der Waals surface area contributed by atoms with Crippen molar-refractivity contribution in [3.05, 3.63) is 48.6 Å². The van der Waals surface area contributed by atoms with Crippen LogP contribution in [0.1, 0.15) is 0 Å². The Labute approximate surface area is 99.7 Å². The van der Waals surface area contributed by atoms with E-state index in [1.165, 1.54) is 0 Å². The lowest BCUT2D eigenvalue weighted by Gasteiger charge is -2.07. The normalized spacial score (nSPS) is 18.9. The first kappa shape index (κ1) is 11.1. The summed E-state index contributed by atoms with van der Waals surface area (Å²) in [4.78, 5) is 4.11. The predicted molar refractivity (Wildman–Crippen MR) is 70.8 cm³/mol. The third kappa shape index (κ3) is 2.60. The van der Waals surface area contributed by atoms with E-state index in [0.717, 1.165) is 11.4 Å². The van der Waals surface area contributed by atoms with Crippen molar-refractivity contribution in [2.24, 2.45) is 10.1 Å². The van der Waals surface area contributed by atoms with Gasteiger partial charge in [-0.05, 0) is 24.3 Å². The second kappa shape index (κ2) is 5.12. The minimum absolute atomic E-state index is 0.169. The van der Waals surface area contributed by atoms with Crippen LogP contribution < -0.4 is 5.43 Å². The molecule has 4 heteroatoms. The number of nitrogens with one attached hydrogen (secondary N) is 1. The molecule has 0 spiro atoms. The number of para-hydroxylation sites is 2. The number of nitrogens with zero attached hydrogens (tertiary/aromatic N) is 2. The van der Waals surface area contributed by atoms with Gasteiger partial charge in [-0.25, -0.2) is 0 Å². The van der Waals surface area contributed by atoms with Crippen molar-refractivity contribution in [2.75, 3.05) is 12.5 Å². The van der Waals surface area contributed by atoms with E-state index in [4.69, 9.17) is 0 Å². The molecule has 0 saturated heterocycles. The van der Waals surface area contributed by atoms with Crippen molar-refractivity contribution < 1.29 is 5.11 Å². The Bertz CT molecular complexity index is 527. The zero-order chi connectivity index (χ0) is 12.1. The molecule has 1 aliphatic rings. The zero-order valence-electron chi connectivity index (χ0n) is 9.46. The fourth-order valence-electron chi connectivity index (χ4n) is 1.44. The standard InChI is InChI=1S/C13H13N3O/c1-14-10-6-2-3-7-11(10)15-16-12-8-4-5-9-13(12)17/h2-9,16-17H,1H3/b14-10-,15-11-. The largest absolute Gasteiger partial charge is 0.506 e. The summed E-state index contributed by atoms with van der Waals surface area (Å²) in [6, 6.07) is 6.95. The predicted octanol–water partition coefficient (Wildman–Crippen LogP) is 2.36. The zero-order valence-corrected chi connectivity index (χ0v) is 9.46. The minimum Gasteiger partial charge on any atom is -0.506 e. The van der Waals surface area contributed by atoms with Gasteiger partial charge in [0, 0.05) is 7.05 Å². The molecule has 17 heavy (non-hydrogen) atoms. The molecule has 86 valence electrons. The molecule has 0 aliphatic heterocycles. The van der Waals surface area contributed by atoms with Crippen molar-refractivity contribution in [1.82, 2.24) is 0 Å². The number of rotatable bonds is 2. The Hall–Kier alpha value is -2.36. The van der Waals surface area contributed by atoms with Crippen LogP contribution in [-0.2, 0) is 0 Å². The van der Waals surface area contributed by atoms with Crippen LogP contribution in [0.25, 0.3) is 0 Å². The summed E-state index contributed by atoms with van der Waals surface area (Å²) in [5.74, 6) is 0.169. The maximum absolute atomic E-state index is 9.57. The first-order chi connectivity index (χ1) is 8.31. The van der Waals surface area contributed by atoms with E-state index in [9.17, 15) is 5.11 Å². The number of aliphatic imine (C=N–C) groups is 1. The summed E-state index contributed by atoms with van der Waals surface area (Å²) in [5, 5.41) is 13.8. The molecule has 0 unspecified atom stereocenters. The molecule has 0 heterocycles. The molecule has 0 bridgehead atoms. The van der Waals surface area contributed by atoms with Gasteiger partial charge in [0.15, 0.2) is 0 Å². The Balaban J connectivity index is 2.19. The van der Waals surface area contributed by atoms with Gasteiger partial charge in [-0.1, -0.05) is 24.3 Å². The van der Waals surface area contributed by atoms with Gasteiger partial charge in [-0.2, -0.15) is 5.10 Å². The van der Waals surface area contributed by atoms with Gasteiger partial charge in [0.25, 0.3) is 0 Å². The second-order valence-corrected chi connectivity index (χ2v) is 3.45. The van der Waals surface area contributed by atoms with E-state index in [-0.39, 0.29) is 5.75 Å². The minimum atomic E-state index is 0.169. The van der Waals surface area contributed by atoms with Crippen LogP contribution in [0, 0.1) is 0 Å². The van der Waals surface area contributed by atoms with Crippen LogP contribution in [0.4, 0.5) is 5.69 Å². The third-order valence-electron chi connectivity index (χ3n) is 2.32. The lowest BCUT2D eigenvalue weighted by Crippen LogP contribution is -2.13. The van der Waals surface area contributed by atoms with Crippen molar-refractivity contribution in [3.63, 3.8) is 0 Å². The van der Waals surface area contributed by atoms with Crippen LogP contribution in [0.5, 0.6) is 5.75 Å². The number of hydrogen-bond acceptors (Lipinski definition) is 4. The number of benzene rings is 1. The number of allylic oxidation sites excluding steroid dienone is 4. The molecule has 1 aromatic rings. The number of anilines is 1. The molecule has 1 aromatic carbocycles. The summed E-state index contributed by atoms with van der Waals surface area (Å²) >= 11 is 0. The Kier molecular flexibility index (Phi) is 3.35. The average Bonchev–Trinajstić information content (AvgIpc) is 2.38. The van der Waals surface area contributed by atoms with E-state index in [2.05, 4.69) is 15.5 Å². The first-order valence-electron chi connectivity index (χ1n) is 5.25. The Morgan fingerprint density at radius 1 is 1.06 bits per heavy atom. The maximum Gasteiger partial charge on any atom is 0.140 e. The van der Waals surface area contributed by atoms with E-state index in [0.29, 0.717) is 5.69 Å². The molecule has 4 nitrogen and oxygen atoms in total. The molecule has 2 N–H and O–H groups in total. The molecule has 0 fully saturated rings. The number of phenols is 1. The summed E-state index contributed by atoms with van der Waals surface area (Å²) in [7, 11) is 1.72. The van der Waals surface area contributed by atoms with Crippen LogP contribution in [0.15, 0.2) is 58.7 Å². The molecular formula is C13H13N3O.